The number of benzene rings is 1. The van der Waals surface area contributed by atoms with E-state index in [1.807, 2.05) is 12.2 Å². The number of anilines is 1. The molecule has 0 unspecified atom stereocenters. The summed E-state index contributed by atoms with van der Waals surface area (Å²) >= 11 is 0. The molecule has 0 saturated heterocycles. The highest BCUT2D eigenvalue weighted by atomic mass is 15.1. The molecule has 0 aliphatic heterocycles. The highest BCUT2D eigenvalue weighted by molar-refractivity contribution is 5.47. The Kier molecular flexibility index (Phi) is 5.41. The van der Waals surface area contributed by atoms with Gasteiger partial charge in [0.2, 0.25) is 0 Å². The molecule has 86 valence electrons. The van der Waals surface area contributed by atoms with Crippen LogP contribution in [0.4, 0.5) is 5.69 Å². The highest BCUT2D eigenvalue weighted by Crippen LogP contribution is 2.15. The normalized spacial score (nSPS) is 9.81. The molecule has 0 aliphatic rings. The molecular formula is C15H21N. The van der Waals surface area contributed by atoms with Gasteiger partial charge in [-0.15, -0.1) is 13.2 Å². The predicted molar refractivity (Wildman–Crippen MR) is 73.0 cm³/mol. The molecule has 0 atom stereocenters. The van der Waals surface area contributed by atoms with Crippen molar-refractivity contribution in [3.63, 3.8) is 0 Å². The zero-order valence-electron chi connectivity index (χ0n) is 10.2. The second-order valence-electron chi connectivity index (χ2n) is 3.98. The van der Waals surface area contributed by atoms with Gasteiger partial charge in [-0.25, -0.2) is 0 Å². The molecule has 0 radical (unpaired) electrons. The molecule has 0 spiro atoms. The fourth-order valence-corrected chi connectivity index (χ4v) is 1.62. The first-order valence-corrected chi connectivity index (χ1v) is 5.81. The van der Waals surface area contributed by atoms with Gasteiger partial charge >= 0.3 is 0 Å². The Morgan fingerprint density at radius 3 is 1.94 bits per heavy atom. The van der Waals surface area contributed by atoms with E-state index in [0.717, 1.165) is 25.9 Å². The topological polar surface area (TPSA) is 3.24 Å². The quantitative estimate of drug-likeness (QED) is 0.622. The van der Waals surface area contributed by atoms with Crippen LogP contribution in [-0.4, -0.2) is 13.1 Å². The van der Waals surface area contributed by atoms with Crippen LogP contribution in [0.15, 0.2) is 49.6 Å². The van der Waals surface area contributed by atoms with E-state index in [0.29, 0.717) is 0 Å². The SMILES string of the molecule is C=CCCN(CCC=C)c1ccc(C)cc1. The van der Waals surface area contributed by atoms with Crippen molar-refractivity contribution < 1.29 is 0 Å². The van der Waals surface area contributed by atoms with E-state index in [4.69, 9.17) is 0 Å². The van der Waals surface area contributed by atoms with E-state index in [1.54, 1.807) is 0 Å². The lowest BCUT2D eigenvalue weighted by molar-refractivity contribution is 0.790. The summed E-state index contributed by atoms with van der Waals surface area (Å²) in [6.07, 6.45) is 5.97. The van der Waals surface area contributed by atoms with Gasteiger partial charge < -0.3 is 4.90 Å². The molecule has 16 heavy (non-hydrogen) atoms. The summed E-state index contributed by atoms with van der Waals surface area (Å²) in [5, 5.41) is 0. The Balaban J connectivity index is 2.69. The zero-order chi connectivity index (χ0) is 11.8. The summed E-state index contributed by atoms with van der Waals surface area (Å²) in [6.45, 7) is 11.7. The van der Waals surface area contributed by atoms with E-state index in [9.17, 15) is 0 Å². The largest absolute Gasteiger partial charge is 0.371 e. The summed E-state index contributed by atoms with van der Waals surface area (Å²) in [6, 6.07) is 8.68. The zero-order valence-corrected chi connectivity index (χ0v) is 10.2. The first kappa shape index (κ1) is 12.6. The number of aryl methyl sites for hydroxylation is 1. The fraction of sp³-hybridized carbons (Fsp3) is 0.333. The maximum absolute atomic E-state index is 3.77. The molecule has 0 amide bonds. The summed E-state index contributed by atoms with van der Waals surface area (Å²) in [5.74, 6) is 0. The van der Waals surface area contributed by atoms with Crippen LogP contribution in [0.2, 0.25) is 0 Å². The second-order valence-corrected chi connectivity index (χ2v) is 3.98. The van der Waals surface area contributed by atoms with Crippen LogP contribution in [-0.2, 0) is 0 Å². The highest BCUT2D eigenvalue weighted by Gasteiger charge is 2.03. The van der Waals surface area contributed by atoms with Crippen molar-refractivity contribution in [2.75, 3.05) is 18.0 Å². The van der Waals surface area contributed by atoms with Crippen LogP contribution in [0.25, 0.3) is 0 Å². The van der Waals surface area contributed by atoms with Crippen molar-refractivity contribution >= 4 is 5.69 Å². The molecule has 1 nitrogen and oxygen atoms in total. The van der Waals surface area contributed by atoms with Gasteiger partial charge in [-0.05, 0) is 31.9 Å². The van der Waals surface area contributed by atoms with Crippen LogP contribution in [0.1, 0.15) is 18.4 Å². The average Bonchev–Trinajstić information content (AvgIpc) is 2.31. The first-order valence-electron chi connectivity index (χ1n) is 5.81. The van der Waals surface area contributed by atoms with E-state index in [2.05, 4.69) is 49.2 Å². The Labute approximate surface area is 99.1 Å². The Bertz CT molecular complexity index is 312. The summed E-state index contributed by atoms with van der Waals surface area (Å²) in [5.41, 5.74) is 2.59. The van der Waals surface area contributed by atoms with Crippen LogP contribution in [0, 0.1) is 6.92 Å². The number of hydrogen-bond acceptors (Lipinski definition) is 1. The molecule has 1 aromatic rings. The summed E-state index contributed by atoms with van der Waals surface area (Å²) in [4.78, 5) is 2.38. The first-order chi connectivity index (χ1) is 7.77. The van der Waals surface area contributed by atoms with E-state index in [-0.39, 0.29) is 0 Å². The number of rotatable bonds is 7. The van der Waals surface area contributed by atoms with Crippen molar-refractivity contribution in [2.45, 2.75) is 19.8 Å². The molecular weight excluding hydrogens is 194 g/mol. The molecule has 0 N–H and O–H groups in total. The third-order valence-corrected chi connectivity index (χ3v) is 2.61. The van der Waals surface area contributed by atoms with Crippen molar-refractivity contribution in [2.24, 2.45) is 0 Å². The molecule has 0 aliphatic carbocycles. The second kappa shape index (κ2) is 6.89. The summed E-state index contributed by atoms with van der Waals surface area (Å²) < 4.78 is 0. The van der Waals surface area contributed by atoms with Gasteiger partial charge in [0.15, 0.2) is 0 Å². The van der Waals surface area contributed by atoms with Crippen molar-refractivity contribution in [1.82, 2.24) is 0 Å². The molecule has 1 aromatic carbocycles. The van der Waals surface area contributed by atoms with Gasteiger partial charge in [-0.3, -0.25) is 0 Å². The third-order valence-electron chi connectivity index (χ3n) is 2.61. The third kappa shape index (κ3) is 3.93. The minimum atomic E-state index is 1.02. The lowest BCUT2D eigenvalue weighted by Crippen LogP contribution is -2.24. The van der Waals surface area contributed by atoms with Crippen LogP contribution >= 0.6 is 0 Å². The van der Waals surface area contributed by atoms with E-state index in [1.165, 1.54) is 11.3 Å². The number of nitrogens with zero attached hydrogens (tertiary/aromatic N) is 1. The molecule has 0 fully saturated rings. The van der Waals surface area contributed by atoms with Crippen LogP contribution in [0.5, 0.6) is 0 Å². The Hall–Kier alpha value is -1.50. The molecule has 0 bridgehead atoms. The molecule has 0 aromatic heterocycles. The lowest BCUT2D eigenvalue weighted by atomic mass is 10.2. The molecule has 1 heteroatoms. The van der Waals surface area contributed by atoms with E-state index < -0.39 is 0 Å². The standard InChI is InChI=1S/C15H21N/c1-4-6-12-16(13-7-5-2)15-10-8-14(3)9-11-15/h4-5,8-11H,1-2,6-7,12-13H2,3H3. The van der Waals surface area contributed by atoms with Gasteiger partial charge in [0, 0.05) is 18.8 Å². The maximum Gasteiger partial charge on any atom is 0.0366 e. The maximum atomic E-state index is 3.77. The van der Waals surface area contributed by atoms with Crippen molar-refractivity contribution in [3.05, 3.63) is 55.1 Å². The average molecular weight is 215 g/mol. The smallest absolute Gasteiger partial charge is 0.0366 e. The Morgan fingerprint density at radius 1 is 1.00 bits per heavy atom. The van der Waals surface area contributed by atoms with Crippen molar-refractivity contribution in [1.29, 1.82) is 0 Å². The van der Waals surface area contributed by atoms with Crippen molar-refractivity contribution in [3.8, 4) is 0 Å². The molecule has 0 saturated carbocycles. The summed E-state index contributed by atoms with van der Waals surface area (Å²) in [7, 11) is 0. The van der Waals surface area contributed by atoms with Crippen LogP contribution in [0.3, 0.4) is 0 Å². The minimum absolute atomic E-state index is 1.02. The lowest BCUT2D eigenvalue weighted by Gasteiger charge is -2.24. The minimum Gasteiger partial charge on any atom is -0.371 e. The van der Waals surface area contributed by atoms with E-state index >= 15 is 0 Å². The monoisotopic (exact) mass is 215 g/mol. The van der Waals surface area contributed by atoms with Gasteiger partial charge in [0.05, 0.1) is 0 Å². The van der Waals surface area contributed by atoms with Gasteiger partial charge in [-0.2, -0.15) is 0 Å². The molecule has 1 rings (SSSR count). The van der Waals surface area contributed by atoms with Crippen LogP contribution < -0.4 is 4.90 Å². The van der Waals surface area contributed by atoms with Gasteiger partial charge in [-0.1, -0.05) is 29.8 Å². The Morgan fingerprint density at radius 2 is 1.50 bits per heavy atom. The number of hydrogen-bond donors (Lipinski definition) is 0. The fourth-order valence-electron chi connectivity index (χ4n) is 1.62. The van der Waals surface area contributed by atoms with Gasteiger partial charge in [0.25, 0.3) is 0 Å². The predicted octanol–water partition coefficient (Wildman–Crippen LogP) is 3.95. The van der Waals surface area contributed by atoms with Gasteiger partial charge in [0.1, 0.15) is 0 Å². The molecule has 0 heterocycles.